The topological polar surface area (TPSA) is 64.1 Å². The van der Waals surface area contributed by atoms with E-state index in [0.717, 1.165) is 18.6 Å². The van der Waals surface area contributed by atoms with E-state index in [4.69, 9.17) is 0 Å². The Hall–Kier alpha value is -2.99. The summed E-state index contributed by atoms with van der Waals surface area (Å²) in [5.41, 5.74) is -1.29. The van der Waals surface area contributed by atoms with Gasteiger partial charge < -0.3 is 10.1 Å². The van der Waals surface area contributed by atoms with Gasteiger partial charge in [0.1, 0.15) is 11.5 Å². The van der Waals surface area contributed by atoms with Crippen LogP contribution in [0.1, 0.15) is 30.7 Å². The summed E-state index contributed by atoms with van der Waals surface area (Å²) < 4.78 is 103. The van der Waals surface area contributed by atoms with Gasteiger partial charge in [0, 0.05) is 26.1 Å². The third kappa shape index (κ3) is 10.0. The second kappa shape index (κ2) is 9.88. The number of pyridine rings is 2. The zero-order valence-electron chi connectivity index (χ0n) is 16.3. The van der Waals surface area contributed by atoms with E-state index in [1.54, 1.807) is 6.92 Å². The normalized spacial score (nSPS) is 12.0. The van der Waals surface area contributed by atoms with Gasteiger partial charge in [-0.2, -0.15) is 31.3 Å². The Morgan fingerprint density at radius 3 is 2.06 bits per heavy atom. The summed E-state index contributed by atoms with van der Waals surface area (Å²) in [6.45, 7) is 2.19. The molecule has 0 aromatic carbocycles. The van der Waals surface area contributed by atoms with Gasteiger partial charge in [-0.25, -0.2) is 8.78 Å². The van der Waals surface area contributed by atoms with Crippen molar-refractivity contribution in [2.75, 3.05) is 11.9 Å². The number of carbonyl (C=O) groups excluding carboxylic acids is 1. The molecule has 1 amide bonds. The van der Waals surface area contributed by atoms with Crippen molar-refractivity contribution in [1.29, 1.82) is 0 Å². The number of hydrogen-bond donors (Lipinski definition) is 1. The Morgan fingerprint density at radius 1 is 1.03 bits per heavy atom. The monoisotopic (exact) mass is 459 g/mol. The minimum atomic E-state index is -4.72. The summed E-state index contributed by atoms with van der Waals surface area (Å²) in [7, 11) is 0. The molecule has 0 fully saturated rings. The van der Waals surface area contributed by atoms with Crippen LogP contribution in [0, 0.1) is 6.92 Å². The van der Waals surface area contributed by atoms with Crippen molar-refractivity contribution in [3.8, 4) is 5.88 Å². The number of aromatic nitrogens is 2. The van der Waals surface area contributed by atoms with Crippen molar-refractivity contribution in [3.05, 3.63) is 47.3 Å². The number of alkyl halides is 8. The summed E-state index contributed by atoms with van der Waals surface area (Å²) in [5, 5.41) is 2.04. The predicted octanol–water partition coefficient (Wildman–Crippen LogP) is 5.50. The Balaban J connectivity index is 0.000000367. The van der Waals surface area contributed by atoms with E-state index in [-0.39, 0.29) is 0 Å². The molecular formula is C18H17F8N3O2. The smallest absolute Gasteiger partial charge is 0.433 e. The van der Waals surface area contributed by atoms with Crippen molar-refractivity contribution >= 4 is 11.7 Å². The largest absolute Gasteiger partial charge is 0.471 e. The van der Waals surface area contributed by atoms with Gasteiger partial charge in [0.15, 0.2) is 6.61 Å². The van der Waals surface area contributed by atoms with Crippen LogP contribution in [0.5, 0.6) is 5.88 Å². The van der Waals surface area contributed by atoms with Crippen LogP contribution in [0.4, 0.5) is 40.9 Å². The molecule has 2 heterocycles. The van der Waals surface area contributed by atoms with Crippen molar-refractivity contribution in [2.24, 2.45) is 0 Å². The number of halogens is 8. The highest BCUT2D eigenvalue weighted by atomic mass is 19.4. The van der Waals surface area contributed by atoms with Gasteiger partial charge in [-0.1, -0.05) is 6.07 Å². The summed E-state index contributed by atoms with van der Waals surface area (Å²) in [5.74, 6) is -4.94. The molecule has 2 rings (SSSR count). The second-order valence-corrected chi connectivity index (χ2v) is 6.34. The van der Waals surface area contributed by atoms with Crippen LogP contribution in [-0.4, -0.2) is 28.4 Å². The molecule has 31 heavy (non-hydrogen) atoms. The van der Waals surface area contributed by atoms with E-state index in [9.17, 15) is 39.9 Å². The minimum Gasteiger partial charge on any atom is -0.471 e. The quantitative estimate of drug-likeness (QED) is 0.614. The van der Waals surface area contributed by atoms with Gasteiger partial charge in [-0.05, 0) is 24.6 Å². The van der Waals surface area contributed by atoms with Crippen LogP contribution in [0.2, 0.25) is 0 Å². The van der Waals surface area contributed by atoms with E-state index < -0.39 is 53.7 Å². The lowest BCUT2D eigenvalue weighted by Gasteiger charge is -2.14. The molecule has 13 heteroatoms. The first-order valence-electron chi connectivity index (χ1n) is 8.35. The number of rotatable bonds is 4. The highest BCUT2D eigenvalue weighted by Gasteiger charge is 2.33. The molecule has 0 unspecified atom stereocenters. The van der Waals surface area contributed by atoms with Gasteiger partial charge in [-0.15, -0.1) is 0 Å². The van der Waals surface area contributed by atoms with Crippen LogP contribution in [0.25, 0.3) is 0 Å². The second-order valence-electron chi connectivity index (χ2n) is 6.34. The van der Waals surface area contributed by atoms with Crippen LogP contribution in [0.3, 0.4) is 0 Å². The van der Waals surface area contributed by atoms with E-state index >= 15 is 0 Å². The van der Waals surface area contributed by atoms with E-state index in [0.29, 0.717) is 19.1 Å². The zero-order chi connectivity index (χ0) is 24.0. The van der Waals surface area contributed by atoms with Crippen LogP contribution < -0.4 is 10.1 Å². The maximum atomic E-state index is 12.6. The molecule has 0 aliphatic heterocycles. The maximum absolute atomic E-state index is 12.6. The minimum absolute atomic E-state index is 0.429. The van der Waals surface area contributed by atoms with Crippen molar-refractivity contribution in [2.45, 2.75) is 39.0 Å². The number of anilines is 1. The third-order valence-electron chi connectivity index (χ3n) is 3.11. The number of carbonyl (C=O) groups is 1. The molecule has 0 radical (unpaired) electrons. The summed E-state index contributed by atoms with van der Waals surface area (Å²) in [6, 6.07) is 3.42. The molecule has 0 bridgehead atoms. The molecule has 0 spiro atoms. The van der Waals surface area contributed by atoms with Gasteiger partial charge >= 0.3 is 12.4 Å². The Labute approximate surface area is 171 Å². The van der Waals surface area contributed by atoms with E-state index in [1.165, 1.54) is 12.3 Å². The van der Waals surface area contributed by atoms with Gasteiger partial charge in [-0.3, -0.25) is 9.78 Å². The molecule has 2 aromatic heterocycles. The number of aryl methyl sites for hydroxylation is 1. The Kier molecular flexibility index (Phi) is 8.30. The molecule has 1 N–H and O–H groups in total. The summed E-state index contributed by atoms with van der Waals surface area (Å²) in [6.07, 6.45) is -7.85. The fourth-order valence-electron chi connectivity index (χ4n) is 1.82. The van der Waals surface area contributed by atoms with E-state index in [1.807, 2.05) is 5.32 Å². The van der Waals surface area contributed by atoms with Crippen LogP contribution in [0.15, 0.2) is 30.5 Å². The fourth-order valence-corrected chi connectivity index (χ4v) is 1.82. The van der Waals surface area contributed by atoms with Gasteiger partial charge in [0.05, 0.1) is 5.56 Å². The third-order valence-corrected chi connectivity index (χ3v) is 3.11. The molecule has 5 nitrogen and oxygen atoms in total. The number of ether oxygens (including phenoxy) is 1. The lowest BCUT2D eigenvalue weighted by atomic mass is 10.2. The summed E-state index contributed by atoms with van der Waals surface area (Å²) >= 11 is 0. The average molecular weight is 459 g/mol. The molecule has 0 saturated heterocycles. The SMILES string of the molecule is CC(=O)Nc1cc(C(F)(F)F)cc(OCC(C)(F)F)n1.Cc1ccc(C(F)(F)F)nc1. The highest BCUT2D eigenvalue weighted by Crippen LogP contribution is 2.33. The Bertz CT molecular complexity index is 875. The average Bonchev–Trinajstić information content (AvgIpc) is 2.58. The lowest BCUT2D eigenvalue weighted by Crippen LogP contribution is -2.22. The zero-order valence-corrected chi connectivity index (χ0v) is 16.3. The number of nitrogens with one attached hydrogen (secondary N) is 1. The standard InChI is InChI=1S/C11H11F5N2O2.C7H6F3N/c1-6(19)17-8-3-7(11(14,15)16)4-9(18-8)20-5-10(2,12)13;1-5-2-3-6(11-4-5)7(8,9)10/h3-4H,5H2,1-2H3,(H,17,18,19);2-4H,1H3. The maximum Gasteiger partial charge on any atom is 0.433 e. The van der Waals surface area contributed by atoms with Gasteiger partial charge in [0.25, 0.3) is 5.92 Å². The molecule has 0 saturated carbocycles. The molecule has 2 aromatic rings. The highest BCUT2D eigenvalue weighted by molar-refractivity contribution is 5.87. The molecule has 0 aliphatic carbocycles. The fraction of sp³-hybridized carbons (Fsp3) is 0.389. The molecule has 0 aliphatic rings. The number of nitrogens with zero attached hydrogens (tertiary/aromatic N) is 2. The molecular weight excluding hydrogens is 442 g/mol. The summed E-state index contributed by atoms with van der Waals surface area (Å²) in [4.78, 5) is 17.5. The van der Waals surface area contributed by atoms with Crippen molar-refractivity contribution < 1.29 is 44.7 Å². The van der Waals surface area contributed by atoms with Crippen molar-refractivity contribution in [3.63, 3.8) is 0 Å². The van der Waals surface area contributed by atoms with E-state index in [2.05, 4.69) is 14.7 Å². The first kappa shape index (κ1) is 26.0. The molecule has 0 atom stereocenters. The number of hydrogen-bond acceptors (Lipinski definition) is 4. The predicted molar refractivity (Wildman–Crippen MR) is 93.6 cm³/mol. The van der Waals surface area contributed by atoms with Crippen molar-refractivity contribution in [1.82, 2.24) is 9.97 Å². The Morgan fingerprint density at radius 2 is 1.65 bits per heavy atom. The van der Waals surface area contributed by atoms with Crippen LogP contribution >= 0.6 is 0 Å². The number of amides is 1. The van der Waals surface area contributed by atoms with Gasteiger partial charge in [0.2, 0.25) is 11.8 Å². The first-order chi connectivity index (χ1) is 14.0. The lowest BCUT2D eigenvalue weighted by molar-refractivity contribution is -0.141. The molecule has 172 valence electrons. The first-order valence-corrected chi connectivity index (χ1v) is 8.35. The van der Waals surface area contributed by atoms with Crippen LogP contribution in [-0.2, 0) is 17.1 Å².